The molecule has 1 aliphatic rings. The molecule has 2 aromatic heterocycles. The molecule has 0 bridgehead atoms. The molecule has 0 atom stereocenters. The largest absolute Gasteiger partial charge is 0.496 e. The highest BCUT2D eigenvalue weighted by molar-refractivity contribution is 6.02. The number of nitrogens with one attached hydrogen (secondary N) is 2. The number of hydrogen-bond donors (Lipinski definition) is 2. The number of amides is 1. The van der Waals surface area contributed by atoms with Gasteiger partial charge < -0.3 is 14.5 Å². The number of oxazole rings is 1. The molecule has 0 aliphatic heterocycles. The molecule has 128 valence electrons. The molecule has 2 heterocycles. The Kier molecular flexibility index (Phi) is 3.76. The van der Waals surface area contributed by atoms with Gasteiger partial charge in [0.2, 0.25) is 0 Å². The van der Waals surface area contributed by atoms with E-state index in [-0.39, 0.29) is 11.6 Å². The zero-order valence-corrected chi connectivity index (χ0v) is 14.0. The number of hydrogen-bond acceptors (Lipinski definition) is 5. The van der Waals surface area contributed by atoms with Gasteiger partial charge in [-0.25, -0.2) is 4.98 Å². The minimum Gasteiger partial charge on any atom is -0.496 e. The first-order chi connectivity index (χ1) is 12.2. The first-order valence-electron chi connectivity index (χ1n) is 8.12. The minimum atomic E-state index is -0.336. The van der Waals surface area contributed by atoms with Gasteiger partial charge >= 0.3 is 0 Å². The number of rotatable bonds is 5. The number of methoxy groups -OCH3 is 1. The predicted octanol–water partition coefficient (Wildman–Crippen LogP) is 3.51. The third kappa shape index (κ3) is 2.88. The topological polar surface area (TPSA) is 93.0 Å². The molecular weight excluding hydrogens is 320 g/mol. The van der Waals surface area contributed by atoms with Crippen LogP contribution >= 0.6 is 0 Å². The lowest BCUT2D eigenvalue weighted by Gasteiger charge is -2.07. The van der Waals surface area contributed by atoms with Gasteiger partial charge in [-0.15, -0.1) is 0 Å². The molecule has 2 N–H and O–H groups in total. The molecule has 7 nitrogen and oxygen atoms in total. The summed E-state index contributed by atoms with van der Waals surface area (Å²) in [5.74, 6) is 1.86. The number of nitrogens with zero attached hydrogens (tertiary/aromatic N) is 2. The number of ether oxygens (including phenoxy) is 1. The van der Waals surface area contributed by atoms with E-state index in [2.05, 4.69) is 20.5 Å². The molecule has 1 aromatic carbocycles. The third-order valence-electron chi connectivity index (χ3n) is 4.30. The quantitative estimate of drug-likeness (QED) is 0.742. The number of aromatic nitrogens is 3. The molecule has 25 heavy (non-hydrogen) atoms. The van der Waals surface area contributed by atoms with Gasteiger partial charge in [0, 0.05) is 17.0 Å². The van der Waals surface area contributed by atoms with Crippen LogP contribution in [-0.4, -0.2) is 28.2 Å². The number of anilines is 1. The van der Waals surface area contributed by atoms with Gasteiger partial charge in [-0.2, -0.15) is 5.10 Å². The van der Waals surface area contributed by atoms with Gasteiger partial charge in [-0.3, -0.25) is 9.89 Å². The van der Waals surface area contributed by atoms with Crippen LogP contribution in [0.5, 0.6) is 5.75 Å². The first kappa shape index (κ1) is 15.4. The van der Waals surface area contributed by atoms with Crippen LogP contribution in [0.1, 0.15) is 40.7 Å². The molecule has 3 aromatic rings. The highest BCUT2D eigenvalue weighted by Crippen LogP contribution is 2.39. The molecule has 4 rings (SSSR count). The maximum atomic E-state index is 12.4. The summed E-state index contributed by atoms with van der Waals surface area (Å²) in [5.41, 5.74) is 2.77. The third-order valence-corrected chi connectivity index (χ3v) is 4.30. The van der Waals surface area contributed by atoms with Crippen LogP contribution in [0.3, 0.4) is 0 Å². The lowest BCUT2D eigenvalue weighted by molar-refractivity contribution is 0.102. The van der Waals surface area contributed by atoms with E-state index in [1.807, 2.05) is 31.2 Å². The molecule has 1 saturated carbocycles. The average molecular weight is 338 g/mol. The van der Waals surface area contributed by atoms with E-state index >= 15 is 0 Å². The normalized spacial score (nSPS) is 13.7. The van der Waals surface area contributed by atoms with E-state index in [0.29, 0.717) is 17.6 Å². The van der Waals surface area contributed by atoms with Gasteiger partial charge in [0.15, 0.2) is 17.4 Å². The molecule has 1 fully saturated rings. The Hall–Kier alpha value is -3.09. The maximum absolute atomic E-state index is 12.4. The molecule has 7 heteroatoms. The monoisotopic (exact) mass is 338 g/mol. The van der Waals surface area contributed by atoms with Crippen LogP contribution in [0.25, 0.3) is 11.3 Å². The first-order valence-corrected chi connectivity index (χ1v) is 8.12. The van der Waals surface area contributed by atoms with Gasteiger partial charge in [0.25, 0.3) is 5.91 Å². The molecule has 0 radical (unpaired) electrons. The van der Waals surface area contributed by atoms with E-state index in [9.17, 15) is 4.79 Å². The number of para-hydroxylation sites is 1. The Labute approximate surface area is 144 Å². The summed E-state index contributed by atoms with van der Waals surface area (Å²) in [4.78, 5) is 16.6. The van der Waals surface area contributed by atoms with E-state index < -0.39 is 0 Å². The van der Waals surface area contributed by atoms with Crippen molar-refractivity contribution in [2.45, 2.75) is 25.7 Å². The number of benzene rings is 1. The Bertz CT molecular complexity index is 924. The molecule has 0 unspecified atom stereocenters. The Balaban J connectivity index is 1.57. The van der Waals surface area contributed by atoms with Crippen LogP contribution < -0.4 is 10.1 Å². The van der Waals surface area contributed by atoms with Crippen molar-refractivity contribution >= 4 is 11.7 Å². The standard InChI is InChI=1S/C18H18N4O3/c1-10-15(12-5-3-4-6-14(12)24-2)21-22-16(10)20-17(23)13-9-25-18(19-13)11-7-8-11/h3-6,9,11H,7-8H2,1-2H3,(H2,20,21,22,23). The fraction of sp³-hybridized carbons (Fsp3) is 0.278. The summed E-state index contributed by atoms with van der Waals surface area (Å²) in [7, 11) is 1.62. The highest BCUT2D eigenvalue weighted by Gasteiger charge is 2.29. The fourth-order valence-corrected chi connectivity index (χ4v) is 2.71. The second-order valence-electron chi connectivity index (χ2n) is 6.07. The minimum absolute atomic E-state index is 0.267. The number of H-pyrrole nitrogens is 1. The number of aromatic amines is 1. The summed E-state index contributed by atoms with van der Waals surface area (Å²) in [6, 6.07) is 7.64. The Morgan fingerprint density at radius 3 is 2.92 bits per heavy atom. The van der Waals surface area contributed by atoms with Crippen molar-refractivity contribution in [2.75, 3.05) is 12.4 Å². The van der Waals surface area contributed by atoms with E-state index in [0.717, 1.165) is 35.4 Å². The Morgan fingerprint density at radius 1 is 1.36 bits per heavy atom. The van der Waals surface area contributed by atoms with Crippen molar-refractivity contribution in [2.24, 2.45) is 0 Å². The maximum Gasteiger partial charge on any atom is 0.278 e. The molecule has 0 spiro atoms. The lowest BCUT2D eigenvalue weighted by Crippen LogP contribution is -2.13. The van der Waals surface area contributed by atoms with Crippen LogP contribution in [0.2, 0.25) is 0 Å². The van der Waals surface area contributed by atoms with Crippen molar-refractivity contribution in [1.82, 2.24) is 15.2 Å². The zero-order valence-electron chi connectivity index (χ0n) is 14.0. The van der Waals surface area contributed by atoms with Crippen LogP contribution in [-0.2, 0) is 0 Å². The van der Waals surface area contributed by atoms with Crippen molar-refractivity contribution in [1.29, 1.82) is 0 Å². The van der Waals surface area contributed by atoms with Crippen LogP contribution in [0.15, 0.2) is 34.9 Å². The summed E-state index contributed by atoms with van der Waals surface area (Å²) in [5, 5.41) is 9.97. The van der Waals surface area contributed by atoms with E-state index in [1.165, 1.54) is 6.26 Å². The van der Waals surface area contributed by atoms with Crippen molar-refractivity contribution in [3.05, 3.63) is 47.7 Å². The lowest BCUT2D eigenvalue weighted by atomic mass is 10.1. The van der Waals surface area contributed by atoms with Crippen molar-refractivity contribution in [3.63, 3.8) is 0 Å². The Morgan fingerprint density at radius 2 is 2.16 bits per heavy atom. The SMILES string of the molecule is COc1ccccc1-c1[nH]nc(NC(=O)c2coc(C3CC3)n2)c1C. The molecule has 1 aliphatic carbocycles. The van der Waals surface area contributed by atoms with Gasteiger partial charge in [0.05, 0.1) is 12.8 Å². The smallest absolute Gasteiger partial charge is 0.278 e. The van der Waals surface area contributed by atoms with Crippen LogP contribution in [0, 0.1) is 6.92 Å². The average Bonchev–Trinajstić information content (AvgIpc) is 3.26. The second kappa shape index (κ2) is 6.08. The van der Waals surface area contributed by atoms with E-state index in [1.54, 1.807) is 7.11 Å². The van der Waals surface area contributed by atoms with Gasteiger partial charge in [-0.05, 0) is 31.9 Å². The summed E-state index contributed by atoms with van der Waals surface area (Å²) >= 11 is 0. The summed E-state index contributed by atoms with van der Waals surface area (Å²) in [6.07, 6.45) is 3.54. The predicted molar refractivity (Wildman–Crippen MR) is 91.7 cm³/mol. The summed E-state index contributed by atoms with van der Waals surface area (Å²) in [6.45, 7) is 1.89. The van der Waals surface area contributed by atoms with Crippen LogP contribution in [0.4, 0.5) is 5.82 Å². The molecular formula is C18H18N4O3. The van der Waals surface area contributed by atoms with Gasteiger partial charge in [0.1, 0.15) is 12.0 Å². The number of carbonyl (C=O) groups excluding carboxylic acids is 1. The van der Waals surface area contributed by atoms with Crippen molar-refractivity contribution < 1.29 is 13.9 Å². The van der Waals surface area contributed by atoms with Crippen molar-refractivity contribution in [3.8, 4) is 17.0 Å². The highest BCUT2D eigenvalue weighted by atomic mass is 16.5. The molecule has 0 saturated heterocycles. The van der Waals surface area contributed by atoms with Gasteiger partial charge in [-0.1, -0.05) is 12.1 Å². The van der Waals surface area contributed by atoms with E-state index in [4.69, 9.17) is 9.15 Å². The zero-order chi connectivity index (χ0) is 17.4. The molecule has 1 amide bonds. The summed E-state index contributed by atoms with van der Waals surface area (Å²) < 4.78 is 10.8. The second-order valence-corrected chi connectivity index (χ2v) is 6.07. The number of carbonyl (C=O) groups is 1. The fourth-order valence-electron chi connectivity index (χ4n) is 2.71.